The first-order chi connectivity index (χ1) is 9.48. The molecule has 1 aliphatic rings. The molecule has 1 amide bonds. The molecule has 0 fully saturated rings. The van der Waals surface area contributed by atoms with E-state index in [2.05, 4.69) is 15.2 Å². The number of anilines is 1. The average Bonchev–Trinajstić information content (AvgIpc) is 3.05. The Morgan fingerprint density at radius 1 is 1.55 bits per heavy atom. The Labute approximate surface area is 116 Å². The summed E-state index contributed by atoms with van der Waals surface area (Å²) in [6, 6.07) is 0. The summed E-state index contributed by atoms with van der Waals surface area (Å²) < 4.78 is 28.2. The lowest BCUT2D eigenvalue weighted by Gasteiger charge is -2.29. The number of aromatic amines is 1. The van der Waals surface area contributed by atoms with Crippen molar-refractivity contribution in [2.75, 3.05) is 12.3 Å². The fraction of sp³-hybridized carbons (Fsp3) is 0.364. The summed E-state index contributed by atoms with van der Waals surface area (Å²) in [5.41, 5.74) is 6.39. The molecule has 3 N–H and O–H groups in total. The normalized spacial score (nSPS) is 15.2. The van der Waals surface area contributed by atoms with Crippen molar-refractivity contribution in [3.05, 3.63) is 28.5 Å². The van der Waals surface area contributed by atoms with Crippen molar-refractivity contribution >= 4 is 22.4 Å². The highest BCUT2D eigenvalue weighted by atomic mass is 32.1. The predicted octanol–water partition coefficient (Wildman–Crippen LogP) is 1.13. The van der Waals surface area contributed by atoms with E-state index >= 15 is 0 Å². The largest absolute Gasteiger partial charge is 0.375 e. The van der Waals surface area contributed by atoms with Gasteiger partial charge in [-0.3, -0.25) is 9.89 Å². The molecule has 0 spiro atoms. The lowest BCUT2D eigenvalue weighted by molar-refractivity contribution is -0.160. The molecule has 0 aliphatic carbocycles. The molecule has 0 bridgehead atoms. The number of nitrogen functional groups attached to an aromatic ring is 1. The van der Waals surface area contributed by atoms with E-state index in [1.54, 1.807) is 6.20 Å². The molecule has 0 saturated heterocycles. The highest BCUT2D eigenvalue weighted by Gasteiger charge is 2.46. The highest BCUT2D eigenvalue weighted by Crippen LogP contribution is 2.33. The van der Waals surface area contributed by atoms with Crippen molar-refractivity contribution in [3.8, 4) is 0 Å². The first-order valence-corrected chi connectivity index (χ1v) is 6.76. The SMILES string of the molecule is Nc1nc(C(F)(F)C(=O)N2CCc3cn[nH]c3C2)cs1. The third kappa shape index (κ3) is 2.03. The van der Waals surface area contributed by atoms with Gasteiger partial charge in [0.2, 0.25) is 0 Å². The summed E-state index contributed by atoms with van der Waals surface area (Å²) in [5.74, 6) is -4.92. The van der Waals surface area contributed by atoms with Gasteiger partial charge in [-0.05, 0) is 12.0 Å². The maximum Gasteiger partial charge on any atom is 0.367 e. The number of aromatic nitrogens is 3. The highest BCUT2D eigenvalue weighted by molar-refractivity contribution is 7.13. The number of hydrogen-bond acceptors (Lipinski definition) is 5. The van der Waals surface area contributed by atoms with E-state index in [1.807, 2.05) is 0 Å². The maximum atomic E-state index is 14.1. The minimum absolute atomic E-state index is 0.0157. The second-order valence-corrected chi connectivity index (χ2v) is 5.39. The van der Waals surface area contributed by atoms with Gasteiger partial charge in [0.05, 0.1) is 18.4 Å². The Morgan fingerprint density at radius 2 is 2.35 bits per heavy atom. The summed E-state index contributed by atoms with van der Waals surface area (Å²) in [6.07, 6.45) is 2.16. The van der Waals surface area contributed by atoms with Crippen LogP contribution >= 0.6 is 11.3 Å². The summed E-state index contributed by atoms with van der Waals surface area (Å²) in [5, 5.41) is 7.68. The molecule has 0 aromatic carbocycles. The van der Waals surface area contributed by atoms with Crippen molar-refractivity contribution < 1.29 is 13.6 Å². The number of carbonyl (C=O) groups excluding carboxylic acids is 1. The smallest absolute Gasteiger partial charge is 0.367 e. The molecule has 0 saturated carbocycles. The van der Waals surface area contributed by atoms with Crippen molar-refractivity contribution in [2.45, 2.75) is 18.9 Å². The number of nitrogens with zero attached hydrogens (tertiary/aromatic N) is 3. The van der Waals surface area contributed by atoms with Crippen molar-refractivity contribution in [1.82, 2.24) is 20.1 Å². The van der Waals surface area contributed by atoms with Crippen LogP contribution in [0.15, 0.2) is 11.6 Å². The van der Waals surface area contributed by atoms with E-state index in [1.165, 1.54) is 0 Å². The zero-order chi connectivity index (χ0) is 14.3. The lowest BCUT2D eigenvalue weighted by atomic mass is 10.1. The molecule has 0 unspecified atom stereocenters. The molecule has 6 nitrogen and oxygen atoms in total. The third-order valence-electron chi connectivity index (χ3n) is 3.21. The second-order valence-electron chi connectivity index (χ2n) is 4.50. The van der Waals surface area contributed by atoms with Crippen LogP contribution in [-0.2, 0) is 23.7 Å². The molecule has 3 rings (SSSR count). The van der Waals surface area contributed by atoms with Crippen molar-refractivity contribution in [3.63, 3.8) is 0 Å². The summed E-state index contributed by atoms with van der Waals surface area (Å²) in [4.78, 5) is 16.6. The molecular weight excluding hydrogens is 288 g/mol. The van der Waals surface area contributed by atoms with E-state index < -0.39 is 17.5 Å². The Kier molecular flexibility index (Phi) is 2.93. The number of halogens is 2. The van der Waals surface area contributed by atoms with Crippen LogP contribution in [0.5, 0.6) is 0 Å². The molecule has 1 aliphatic heterocycles. The molecule has 20 heavy (non-hydrogen) atoms. The Hall–Kier alpha value is -2.03. The summed E-state index contributed by atoms with van der Waals surface area (Å²) >= 11 is 0.885. The van der Waals surface area contributed by atoms with Gasteiger partial charge in [-0.2, -0.15) is 13.9 Å². The Bertz CT molecular complexity index is 653. The van der Waals surface area contributed by atoms with Crippen molar-refractivity contribution in [1.29, 1.82) is 0 Å². The van der Waals surface area contributed by atoms with Crippen LogP contribution < -0.4 is 5.73 Å². The van der Waals surface area contributed by atoms with Gasteiger partial charge in [0.1, 0.15) is 5.69 Å². The molecule has 0 atom stereocenters. The van der Waals surface area contributed by atoms with Gasteiger partial charge in [-0.25, -0.2) is 4.98 Å². The zero-order valence-electron chi connectivity index (χ0n) is 10.3. The molecule has 2 aromatic rings. The van der Waals surface area contributed by atoms with Crippen LogP contribution in [0.25, 0.3) is 0 Å². The molecule has 0 radical (unpaired) electrons. The number of nitrogens with two attached hydrogens (primary N) is 1. The van der Waals surface area contributed by atoms with Gasteiger partial charge in [-0.1, -0.05) is 0 Å². The fourth-order valence-corrected chi connectivity index (χ4v) is 2.71. The third-order valence-corrected chi connectivity index (χ3v) is 3.88. The minimum atomic E-state index is -3.66. The maximum absolute atomic E-state index is 14.1. The van der Waals surface area contributed by atoms with Crippen LogP contribution in [0.1, 0.15) is 17.0 Å². The summed E-state index contributed by atoms with van der Waals surface area (Å²) in [7, 11) is 0. The van der Waals surface area contributed by atoms with E-state index in [9.17, 15) is 13.6 Å². The first kappa shape index (κ1) is 13.0. The number of fused-ring (bicyclic) bond motifs is 1. The van der Waals surface area contributed by atoms with Gasteiger partial charge in [-0.15, -0.1) is 11.3 Å². The van der Waals surface area contributed by atoms with E-state index in [0.717, 1.165) is 27.2 Å². The zero-order valence-corrected chi connectivity index (χ0v) is 11.1. The van der Waals surface area contributed by atoms with Crippen molar-refractivity contribution in [2.24, 2.45) is 0 Å². The molecular formula is C11H11F2N5OS. The number of carbonyl (C=O) groups is 1. The minimum Gasteiger partial charge on any atom is -0.375 e. The number of nitrogens with one attached hydrogen (secondary N) is 1. The predicted molar refractivity (Wildman–Crippen MR) is 68.1 cm³/mol. The van der Waals surface area contributed by atoms with Gasteiger partial charge >= 0.3 is 5.92 Å². The van der Waals surface area contributed by atoms with Gasteiger partial charge in [0.15, 0.2) is 5.13 Å². The number of thiazole rings is 1. The van der Waals surface area contributed by atoms with E-state index in [0.29, 0.717) is 12.1 Å². The molecule has 3 heterocycles. The number of H-pyrrole nitrogens is 1. The van der Waals surface area contributed by atoms with Crippen LogP contribution in [0, 0.1) is 0 Å². The van der Waals surface area contributed by atoms with Gasteiger partial charge in [0, 0.05) is 11.9 Å². The van der Waals surface area contributed by atoms with Crippen LogP contribution in [-0.4, -0.2) is 32.5 Å². The Balaban J connectivity index is 1.82. The lowest BCUT2D eigenvalue weighted by Crippen LogP contribution is -2.44. The molecule has 9 heteroatoms. The Morgan fingerprint density at radius 3 is 3.05 bits per heavy atom. The van der Waals surface area contributed by atoms with E-state index in [-0.39, 0.29) is 18.2 Å². The standard InChI is InChI=1S/C11H11F2N5OS/c12-11(13,8-5-20-10(14)16-8)9(19)18-2-1-6-3-15-17-7(6)4-18/h3,5H,1-2,4H2,(H2,14,16)(H,15,17). The van der Waals surface area contributed by atoms with Crippen LogP contribution in [0.2, 0.25) is 0 Å². The second kappa shape index (κ2) is 4.51. The fourth-order valence-electron chi connectivity index (χ4n) is 2.13. The van der Waals surface area contributed by atoms with Crippen LogP contribution in [0.4, 0.5) is 13.9 Å². The quantitative estimate of drug-likeness (QED) is 0.870. The average molecular weight is 299 g/mol. The molecule has 2 aromatic heterocycles. The van der Waals surface area contributed by atoms with Gasteiger partial charge < -0.3 is 10.6 Å². The number of hydrogen-bond donors (Lipinski definition) is 2. The monoisotopic (exact) mass is 299 g/mol. The summed E-state index contributed by atoms with van der Waals surface area (Å²) in [6.45, 7) is 0.337. The van der Waals surface area contributed by atoms with E-state index in [4.69, 9.17) is 5.73 Å². The van der Waals surface area contributed by atoms with Gasteiger partial charge in [0.25, 0.3) is 5.91 Å². The number of amides is 1. The topological polar surface area (TPSA) is 87.9 Å². The van der Waals surface area contributed by atoms with Crippen LogP contribution in [0.3, 0.4) is 0 Å². The first-order valence-electron chi connectivity index (χ1n) is 5.88. The number of alkyl halides is 2. The number of rotatable bonds is 2. The molecule has 106 valence electrons.